The van der Waals surface area contributed by atoms with Crippen molar-refractivity contribution in [3.63, 3.8) is 0 Å². The van der Waals surface area contributed by atoms with Gasteiger partial charge in [0.05, 0.1) is 6.54 Å². The van der Waals surface area contributed by atoms with E-state index in [1.807, 2.05) is 18.2 Å². The second-order valence-corrected chi connectivity index (χ2v) is 5.46. The third kappa shape index (κ3) is 6.10. The van der Waals surface area contributed by atoms with E-state index in [0.717, 1.165) is 12.8 Å². The largest absolute Gasteiger partial charge is 0.492 e. The van der Waals surface area contributed by atoms with Gasteiger partial charge in [-0.2, -0.15) is 0 Å². The lowest BCUT2D eigenvalue weighted by atomic mass is 10.1. The van der Waals surface area contributed by atoms with E-state index in [2.05, 4.69) is 12.1 Å². The zero-order chi connectivity index (χ0) is 16.5. The molecule has 0 spiro atoms. The lowest BCUT2D eigenvalue weighted by Gasteiger charge is -2.17. The third-order valence-corrected chi connectivity index (χ3v) is 3.62. The van der Waals surface area contributed by atoms with Gasteiger partial charge in [0.1, 0.15) is 18.2 Å². The molecule has 0 aromatic heterocycles. The van der Waals surface area contributed by atoms with E-state index in [1.165, 1.54) is 17.7 Å². The summed E-state index contributed by atoms with van der Waals surface area (Å²) in [7, 11) is 1.76. The van der Waals surface area contributed by atoms with Crippen molar-refractivity contribution in [2.75, 3.05) is 20.2 Å². The molecule has 0 saturated carbocycles. The number of ether oxygens (including phenoxy) is 1. The normalized spacial score (nSPS) is 10.3. The molecule has 2 aromatic carbocycles. The van der Waals surface area contributed by atoms with Crippen LogP contribution < -0.4 is 4.74 Å². The summed E-state index contributed by atoms with van der Waals surface area (Å²) in [6.45, 7) is 0.838. The van der Waals surface area contributed by atoms with Crippen LogP contribution in [0.15, 0.2) is 54.6 Å². The molecule has 0 atom stereocenters. The number of nitrogens with zero attached hydrogens (tertiary/aromatic N) is 1. The molecule has 23 heavy (non-hydrogen) atoms. The molecular weight excluding hydrogens is 293 g/mol. The summed E-state index contributed by atoms with van der Waals surface area (Å²) < 4.78 is 18.5. The van der Waals surface area contributed by atoms with Gasteiger partial charge in [0.2, 0.25) is 5.91 Å². The van der Waals surface area contributed by atoms with Crippen LogP contribution in [0.1, 0.15) is 18.4 Å². The van der Waals surface area contributed by atoms with Crippen LogP contribution in [0.3, 0.4) is 0 Å². The van der Waals surface area contributed by atoms with E-state index < -0.39 is 0 Å². The van der Waals surface area contributed by atoms with Crippen LogP contribution in [-0.4, -0.2) is 31.0 Å². The molecule has 1 amide bonds. The smallest absolute Gasteiger partial charge is 0.222 e. The van der Waals surface area contributed by atoms with Crippen molar-refractivity contribution in [2.24, 2.45) is 0 Å². The van der Waals surface area contributed by atoms with E-state index in [0.29, 0.717) is 25.3 Å². The number of carbonyl (C=O) groups excluding carboxylic acids is 1. The Morgan fingerprint density at radius 1 is 1.13 bits per heavy atom. The molecule has 0 saturated heterocycles. The van der Waals surface area contributed by atoms with Crippen LogP contribution in [-0.2, 0) is 11.2 Å². The number of hydrogen-bond donors (Lipinski definition) is 0. The minimum atomic E-state index is -0.326. The first kappa shape index (κ1) is 17.0. The summed E-state index contributed by atoms with van der Waals surface area (Å²) in [5, 5.41) is 0. The van der Waals surface area contributed by atoms with Gasteiger partial charge in [-0.05, 0) is 30.5 Å². The predicted molar refractivity (Wildman–Crippen MR) is 88.9 cm³/mol. The topological polar surface area (TPSA) is 29.5 Å². The summed E-state index contributed by atoms with van der Waals surface area (Å²) in [6, 6.07) is 16.1. The molecule has 3 nitrogen and oxygen atoms in total. The van der Waals surface area contributed by atoms with Gasteiger partial charge in [0, 0.05) is 19.5 Å². The van der Waals surface area contributed by atoms with Gasteiger partial charge in [-0.25, -0.2) is 4.39 Å². The summed E-state index contributed by atoms with van der Waals surface area (Å²) >= 11 is 0. The fourth-order valence-corrected chi connectivity index (χ4v) is 2.26. The SMILES string of the molecule is CN(CCOc1cccc(F)c1)C(=O)CCCc1ccccc1. The molecule has 0 radical (unpaired) electrons. The standard InChI is InChI=1S/C19H22FNO2/c1-21(13-14-23-18-11-6-10-17(20)15-18)19(22)12-5-9-16-7-3-2-4-8-16/h2-4,6-8,10-11,15H,5,9,12-14H2,1H3. The summed E-state index contributed by atoms with van der Waals surface area (Å²) in [5.41, 5.74) is 1.25. The van der Waals surface area contributed by atoms with Crippen molar-refractivity contribution in [2.45, 2.75) is 19.3 Å². The summed E-state index contributed by atoms with van der Waals surface area (Å²) in [5.74, 6) is 0.256. The molecule has 0 aliphatic carbocycles. The number of benzene rings is 2. The highest BCUT2D eigenvalue weighted by Crippen LogP contribution is 2.12. The van der Waals surface area contributed by atoms with Crippen LogP contribution in [0.4, 0.5) is 4.39 Å². The fraction of sp³-hybridized carbons (Fsp3) is 0.316. The van der Waals surface area contributed by atoms with Crippen LogP contribution in [0.2, 0.25) is 0 Å². The summed E-state index contributed by atoms with van der Waals surface area (Å²) in [4.78, 5) is 13.7. The van der Waals surface area contributed by atoms with E-state index >= 15 is 0 Å². The Kier molecular flexibility index (Phi) is 6.60. The van der Waals surface area contributed by atoms with Crippen LogP contribution in [0.25, 0.3) is 0 Å². The van der Waals surface area contributed by atoms with Crippen molar-refractivity contribution >= 4 is 5.91 Å². The minimum absolute atomic E-state index is 0.101. The molecule has 0 heterocycles. The van der Waals surface area contributed by atoms with Gasteiger partial charge in [-0.1, -0.05) is 36.4 Å². The molecular formula is C19H22FNO2. The number of carbonyl (C=O) groups is 1. The Balaban J connectivity index is 1.64. The molecule has 122 valence electrons. The first-order valence-corrected chi connectivity index (χ1v) is 7.81. The van der Waals surface area contributed by atoms with Gasteiger partial charge in [-0.3, -0.25) is 4.79 Å². The monoisotopic (exact) mass is 315 g/mol. The highest BCUT2D eigenvalue weighted by molar-refractivity contribution is 5.75. The van der Waals surface area contributed by atoms with Crippen LogP contribution >= 0.6 is 0 Å². The van der Waals surface area contributed by atoms with Gasteiger partial charge in [0.25, 0.3) is 0 Å². The molecule has 0 aliphatic rings. The number of rotatable bonds is 8. The second kappa shape index (κ2) is 8.93. The molecule has 2 aromatic rings. The lowest BCUT2D eigenvalue weighted by molar-refractivity contribution is -0.130. The second-order valence-electron chi connectivity index (χ2n) is 5.46. The molecule has 2 rings (SSSR count). The van der Waals surface area contributed by atoms with Crippen molar-refractivity contribution in [3.8, 4) is 5.75 Å². The van der Waals surface area contributed by atoms with E-state index in [-0.39, 0.29) is 11.7 Å². The van der Waals surface area contributed by atoms with E-state index in [4.69, 9.17) is 4.74 Å². The Morgan fingerprint density at radius 2 is 1.91 bits per heavy atom. The third-order valence-electron chi connectivity index (χ3n) is 3.62. The van der Waals surface area contributed by atoms with Gasteiger partial charge in [-0.15, -0.1) is 0 Å². The number of halogens is 1. The maximum Gasteiger partial charge on any atom is 0.222 e. The number of aryl methyl sites for hydroxylation is 1. The molecule has 0 N–H and O–H groups in total. The zero-order valence-electron chi connectivity index (χ0n) is 13.4. The van der Waals surface area contributed by atoms with Crippen molar-refractivity contribution in [1.29, 1.82) is 0 Å². The quantitative estimate of drug-likeness (QED) is 0.743. The van der Waals surface area contributed by atoms with Gasteiger partial charge < -0.3 is 9.64 Å². The predicted octanol–water partition coefficient (Wildman–Crippen LogP) is 3.69. The molecule has 0 unspecified atom stereocenters. The Morgan fingerprint density at radius 3 is 2.65 bits per heavy atom. The maximum atomic E-state index is 13.0. The fourth-order valence-electron chi connectivity index (χ4n) is 2.26. The van der Waals surface area contributed by atoms with Crippen LogP contribution in [0, 0.1) is 5.82 Å². The average Bonchev–Trinajstić information content (AvgIpc) is 2.55. The van der Waals surface area contributed by atoms with Crippen molar-refractivity contribution in [1.82, 2.24) is 4.90 Å². The Hall–Kier alpha value is -2.36. The first-order chi connectivity index (χ1) is 11.1. The summed E-state index contributed by atoms with van der Waals surface area (Å²) in [6.07, 6.45) is 2.25. The van der Waals surface area contributed by atoms with E-state index in [9.17, 15) is 9.18 Å². The highest BCUT2D eigenvalue weighted by Gasteiger charge is 2.08. The van der Waals surface area contributed by atoms with Gasteiger partial charge in [0.15, 0.2) is 0 Å². The number of likely N-dealkylation sites (N-methyl/N-ethyl adjacent to an activating group) is 1. The van der Waals surface area contributed by atoms with Crippen molar-refractivity contribution < 1.29 is 13.9 Å². The average molecular weight is 315 g/mol. The molecule has 0 fully saturated rings. The number of amides is 1. The molecule has 4 heteroatoms. The molecule has 0 aliphatic heterocycles. The van der Waals surface area contributed by atoms with Crippen molar-refractivity contribution in [3.05, 3.63) is 66.0 Å². The lowest BCUT2D eigenvalue weighted by Crippen LogP contribution is -2.30. The number of hydrogen-bond acceptors (Lipinski definition) is 2. The zero-order valence-corrected chi connectivity index (χ0v) is 13.4. The highest BCUT2D eigenvalue weighted by atomic mass is 19.1. The van der Waals surface area contributed by atoms with Crippen LogP contribution in [0.5, 0.6) is 5.75 Å². The van der Waals surface area contributed by atoms with E-state index in [1.54, 1.807) is 24.1 Å². The first-order valence-electron chi connectivity index (χ1n) is 7.81. The molecule has 0 bridgehead atoms. The Labute approximate surface area is 136 Å². The Bertz CT molecular complexity index is 616. The maximum absolute atomic E-state index is 13.0. The van der Waals surface area contributed by atoms with Gasteiger partial charge >= 0.3 is 0 Å². The minimum Gasteiger partial charge on any atom is -0.492 e.